The van der Waals surface area contributed by atoms with Crippen LogP contribution in [0, 0.1) is 12.8 Å². The summed E-state index contributed by atoms with van der Waals surface area (Å²) in [6.07, 6.45) is 7.15. The first-order valence-electron chi connectivity index (χ1n) is 12.5. The minimum absolute atomic E-state index is 0.307. The van der Waals surface area contributed by atoms with Crippen LogP contribution in [0.1, 0.15) is 80.1 Å². The number of allylic oxidation sites excluding steroid dienone is 2. The van der Waals surface area contributed by atoms with Crippen molar-refractivity contribution in [2.45, 2.75) is 73.6 Å². The molecule has 0 saturated carbocycles. The lowest BCUT2D eigenvalue weighted by molar-refractivity contribution is 0.0994. The van der Waals surface area contributed by atoms with Crippen LogP contribution in [0.2, 0.25) is 0 Å². The maximum Gasteiger partial charge on any atom is 0.163 e. The van der Waals surface area contributed by atoms with E-state index in [1.165, 1.54) is 39.0 Å². The van der Waals surface area contributed by atoms with Gasteiger partial charge in [-0.3, -0.25) is 4.79 Å². The molecule has 0 aromatic heterocycles. The zero-order valence-corrected chi connectivity index (χ0v) is 21.1. The molecule has 1 unspecified atom stereocenters. The van der Waals surface area contributed by atoms with Gasteiger partial charge < -0.3 is 4.90 Å². The predicted molar refractivity (Wildman–Crippen MR) is 138 cm³/mol. The van der Waals surface area contributed by atoms with Crippen LogP contribution in [-0.2, 0) is 19.3 Å². The number of benzene rings is 2. The monoisotopic (exact) mass is 431 g/mol. The minimum Gasteiger partial charge on any atom is -0.304 e. The van der Waals surface area contributed by atoms with Crippen LogP contribution in [0.5, 0.6) is 0 Å². The van der Waals surface area contributed by atoms with E-state index in [0.717, 1.165) is 50.9 Å². The fraction of sp³-hybridized carbons (Fsp3) is 0.500. The maximum atomic E-state index is 12.5. The van der Waals surface area contributed by atoms with Crippen LogP contribution in [0.3, 0.4) is 0 Å². The zero-order chi connectivity index (χ0) is 23.3. The van der Waals surface area contributed by atoms with Crippen molar-refractivity contribution in [2.24, 2.45) is 5.92 Å². The molecule has 0 saturated heterocycles. The third kappa shape index (κ3) is 5.78. The Kier molecular flexibility index (Phi) is 8.48. The number of aryl methyl sites for hydroxylation is 2. The van der Waals surface area contributed by atoms with Crippen LogP contribution < -0.4 is 0 Å². The molecule has 3 rings (SSSR count). The molecule has 0 heterocycles. The highest BCUT2D eigenvalue weighted by Gasteiger charge is 2.25. The summed E-state index contributed by atoms with van der Waals surface area (Å²) in [5.41, 5.74) is 10.4. The number of ketones is 1. The van der Waals surface area contributed by atoms with Crippen molar-refractivity contribution in [1.29, 1.82) is 0 Å². The molecule has 1 aliphatic carbocycles. The van der Waals surface area contributed by atoms with Crippen molar-refractivity contribution < 1.29 is 4.79 Å². The van der Waals surface area contributed by atoms with Crippen LogP contribution >= 0.6 is 0 Å². The number of hydrogen-bond donors (Lipinski definition) is 0. The highest BCUT2D eigenvalue weighted by molar-refractivity contribution is 6.03. The molecule has 2 aromatic carbocycles. The molecule has 172 valence electrons. The Hall–Kier alpha value is -2.19. The number of Topliss-reactive ketones (excluding diaryl/α,β-unsaturated/α-hetero) is 1. The van der Waals surface area contributed by atoms with Gasteiger partial charge in [-0.2, -0.15) is 0 Å². The molecule has 2 nitrogen and oxygen atoms in total. The highest BCUT2D eigenvalue weighted by atomic mass is 16.1. The largest absolute Gasteiger partial charge is 0.304 e. The van der Waals surface area contributed by atoms with Gasteiger partial charge in [0.1, 0.15) is 0 Å². The third-order valence-electron chi connectivity index (χ3n) is 6.86. The molecule has 2 aromatic rings. The number of rotatable bonds is 10. The van der Waals surface area contributed by atoms with Crippen molar-refractivity contribution in [1.82, 2.24) is 4.90 Å². The number of nitrogens with zero attached hydrogens (tertiary/aromatic N) is 1. The van der Waals surface area contributed by atoms with Crippen LogP contribution in [0.25, 0.3) is 11.1 Å². The van der Waals surface area contributed by atoms with Crippen molar-refractivity contribution in [3.05, 3.63) is 69.8 Å². The molecule has 0 N–H and O–H groups in total. The van der Waals surface area contributed by atoms with Gasteiger partial charge in [0.2, 0.25) is 0 Å². The fourth-order valence-corrected chi connectivity index (χ4v) is 5.23. The molecule has 0 spiro atoms. The van der Waals surface area contributed by atoms with E-state index >= 15 is 0 Å². The summed E-state index contributed by atoms with van der Waals surface area (Å²) < 4.78 is 0. The lowest BCUT2D eigenvalue weighted by Crippen LogP contribution is -2.24. The SMILES string of the molecule is CCN(CC)CCCc1ccc2c(c1-c1cc(CC(C)C=C(C)C)ccc1C)CCC2=O. The van der Waals surface area contributed by atoms with Crippen LogP contribution in [0.4, 0.5) is 0 Å². The minimum atomic E-state index is 0.307. The lowest BCUT2D eigenvalue weighted by atomic mass is 9.86. The van der Waals surface area contributed by atoms with Crippen molar-refractivity contribution in [3.63, 3.8) is 0 Å². The lowest BCUT2D eigenvalue weighted by Gasteiger charge is -2.20. The van der Waals surface area contributed by atoms with Crippen molar-refractivity contribution >= 4 is 5.78 Å². The molecule has 0 amide bonds. The molecule has 0 radical (unpaired) electrons. The summed E-state index contributed by atoms with van der Waals surface area (Å²) in [6.45, 7) is 16.7. The molecular formula is C30H41NO. The second kappa shape index (κ2) is 11.1. The van der Waals surface area contributed by atoms with E-state index in [0.29, 0.717) is 18.1 Å². The van der Waals surface area contributed by atoms with E-state index in [-0.39, 0.29) is 0 Å². The van der Waals surface area contributed by atoms with Crippen molar-refractivity contribution in [3.8, 4) is 11.1 Å². The summed E-state index contributed by atoms with van der Waals surface area (Å²) in [7, 11) is 0. The first kappa shape index (κ1) is 24.5. The Balaban J connectivity index is 1.99. The van der Waals surface area contributed by atoms with Gasteiger partial charge in [-0.05, 0) is 105 Å². The summed E-state index contributed by atoms with van der Waals surface area (Å²) in [5, 5.41) is 0. The second-order valence-electron chi connectivity index (χ2n) is 9.75. The molecule has 1 aliphatic rings. The van der Waals surface area contributed by atoms with Gasteiger partial charge in [0, 0.05) is 12.0 Å². The molecular weight excluding hydrogens is 390 g/mol. The molecule has 2 heteroatoms. The summed E-state index contributed by atoms with van der Waals surface area (Å²) in [6, 6.07) is 11.3. The standard InChI is InChI=1S/C30H41NO/c1-7-31(8-2)17-9-10-25-13-14-26-27(15-16-29(26)32)30(25)28-20-24(12-11-23(28)6)19-22(5)18-21(3)4/h11-14,18,20,22H,7-10,15-17,19H2,1-6H3. The number of carbonyl (C=O) groups excluding carboxylic acids is 1. The Morgan fingerprint density at radius 2 is 1.81 bits per heavy atom. The highest BCUT2D eigenvalue weighted by Crippen LogP contribution is 2.38. The molecule has 0 bridgehead atoms. The smallest absolute Gasteiger partial charge is 0.163 e. The first-order valence-corrected chi connectivity index (χ1v) is 12.5. The van der Waals surface area contributed by atoms with E-state index in [4.69, 9.17) is 0 Å². The van der Waals surface area contributed by atoms with E-state index in [9.17, 15) is 4.79 Å². The van der Waals surface area contributed by atoms with Gasteiger partial charge in [0.05, 0.1) is 0 Å². The van der Waals surface area contributed by atoms with Gasteiger partial charge >= 0.3 is 0 Å². The summed E-state index contributed by atoms with van der Waals surface area (Å²) in [5.74, 6) is 0.828. The van der Waals surface area contributed by atoms with Gasteiger partial charge in [0.25, 0.3) is 0 Å². The Labute approximate surface area is 195 Å². The topological polar surface area (TPSA) is 20.3 Å². The van der Waals surface area contributed by atoms with Gasteiger partial charge in [0.15, 0.2) is 5.78 Å². The zero-order valence-electron chi connectivity index (χ0n) is 21.1. The van der Waals surface area contributed by atoms with E-state index in [1.54, 1.807) is 0 Å². The first-order chi connectivity index (χ1) is 15.3. The Morgan fingerprint density at radius 3 is 2.50 bits per heavy atom. The Bertz CT molecular complexity index is 977. The predicted octanol–water partition coefficient (Wildman–Crippen LogP) is 7.21. The normalized spacial score (nSPS) is 14.0. The number of carbonyl (C=O) groups is 1. The Morgan fingerprint density at radius 1 is 1.06 bits per heavy atom. The average Bonchev–Trinajstić information content (AvgIpc) is 3.13. The average molecular weight is 432 g/mol. The molecule has 0 aliphatic heterocycles. The molecule has 1 atom stereocenters. The van der Waals surface area contributed by atoms with E-state index in [1.807, 2.05) is 0 Å². The van der Waals surface area contributed by atoms with Crippen LogP contribution in [-0.4, -0.2) is 30.3 Å². The number of hydrogen-bond acceptors (Lipinski definition) is 2. The maximum absolute atomic E-state index is 12.5. The molecule has 0 fully saturated rings. The summed E-state index contributed by atoms with van der Waals surface area (Å²) in [4.78, 5) is 15.0. The fourth-order valence-electron chi connectivity index (χ4n) is 5.23. The van der Waals surface area contributed by atoms with Crippen LogP contribution in [0.15, 0.2) is 42.0 Å². The van der Waals surface area contributed by atoms with E-state index in [2.05, 4.69) is 82.9 Å². The molecule has 32 heavy (non-hydrogen) atoms. The van der Waals surface area contributed by atoms with Gasteiger partial charge in [-0.1, -0.05) is 62.8 Å². The quantitative estimate of drug-likeness (QED) is 0.370. The summed E-state index contributed by atoms with van der Waals surface area (Å²) >= 11 is 0. The third-order valence-corrected chi connectivity index (χ3v) is 6.86. The second-order valence-corrected chi connectivity index (χ2v) is 9.75. The number of fused-ring (bicyclic) bond motifs is 1. The van der Waals surface area contributed by atoms with Gasteiger partial charge in [-0.15, -0.1) is 0 Å². The van der Waals surface area contributed by atoms with Crippen molar-refractivity contribution in [2.75, 3.05) is 19.6 Å². The van der Waals surface area contributed by atoms with E-state index < -0.39 is 0 Å². The van der Waals surface area contributed by atoms with Gasteiger partial charge in [-0.25, -0.2) is 0 Å².